The lowest BCUT2D eigenvalue weighted by Gasteiger charge is -2.29. The zero-order valence-corrected chi connectivity index (χ0v) is 13.2. The summed E-state index contributed by atoms with van der Waals surface area (Å²) in [6, 6.07) is 0.183. The van der Waals surface area contributed by atoms with E-state index < -0.39 is 5.60 Å². The molecule has 1 aliphatic heterocycles. The Bertz CT molecular complexity index is 361. The lowest BCUT2D eigenvalue weighted by molar-refractivity contribution is 0.0510. The third kappa shape index (κ3) is 3.85. The van der Waals surface area contributed by atoms with Gasteiger partial charge in [0.05, 0.1) is 0 Å². The Labute approximate surface area is 122 Å². The largest absolute Gasteiger partial charge is 0.444 e. The number of hydrogen-bond acceptors (Lipinski definition) is 4. The summed E-state index contributed by atoms with van der Waals surface area (Å²) in [6.45, 7) is 8.48. The predicted octanol–water partition coefficient (Wildman–Crippen LogP) is 1.57. The molecular weight excluding hydrogens is 254 g/mol. The molecule has 2 rings (SSSR count). The number of nitrogens with one attached hydrogen (secondary N) is 1. The van der Waals surface area contributed by atoms with Gasteiger partial charge in [0, 0.05) is 24.5 Å². The van der Waals surface area contributed by atoms with Crippen LogP contribution in [0.1, 0.15) is 40.0 Å². The van der Waals surface area contributed by atoms with Crippen molar-refractivity contribution in [3.63, 3.8) is 0 Å². The van der Waals surface area contributed by atoms with Gasteiger partial charge in [-0.1, -0.05) is 0 Å². The first-order chi connectivity index (χ1) is 9.22. The molecule has 1 aliphatic carbocycles. The van der Waals surface area contributed by atoms with E-state index in [2.05, 4.69) is 17.3 Å². The molecule has 0 bridgehead atoms. The van der Waals surface area contributed by atoms with E-state index in [0.29, 0.717) is 12.5 Å². The van der Waals surface area contributed by atoms with E-state index in [1.165, 1.54) is 6.42 Å². The molecule has 0 aromatic rings. The fourth-order valence-corrected chi connectivity index (χ4v) is 3.11. The van der Waals surface area contributed by atoms with Crippen LogP contribution in [0.3, 0.4) is 0 Å². The van der Waals surface area contributed by atoms with E-state index in [4.69, 9.17) is 10.5 Å². The monoisotopic (exact) mass is 283 g/mol. The number of hydrogen-bond donors (Lipinski definition) is 2. The minimum atomic E-state index is -0.447. The lowest BCUT2D eigenvalue weighted by atomic mass is 9.85. The van der Waals surface area contributed by atoms with Gasteiger partial charge in [-0.25, -0.2) is 4.79 Å². The van der Waals surface area contributed by atoms with Crippen LogP contribution in [-0.4, -0.2) is 49.3 Å². The van der Waals surface area contributed by atoms with E-state index in [9.17, 15) is 4.79 Å². The molecule has 2 atom stereocenters. The maximum absolute atomic E-state index is 11.7. The van der Waals surface area contributed by atoms with Gasteiger partial charge in [-0.2, -0.15) is 0 Å². The Hall–Kier alpha value is -0.810. The van der Waals surface area contributed by atoms with Crippen LogP contribution in [-0.2, 0) is 4.74 Å². The molecule has 0 aromatic heterocycles. The number of rotatable bonds is 4. The van der Waals surface area contributed by atoms with Gasteiger partial charge in [-0.05, 0) is 59.5 Å². The molecular formula is C15H29N3O2. The molecule has 1 heterocycles. The minimum Gasteiger partial charge on any atom is -0.444 e. The molecule has 20 heavy (non-hydrogen) atoms. The van der Waals surface area contributed by atoms with Crippen LogP contribution in [0.15, 0.2) is 0 Å². The molecule has 0 spiro atoms. The van der Waals surface area contributed by atoms with Crippen molar-refractivity contribution in [3.05, 3.63) is 0 Å². The molecule has 5 nitrogen and oxygen atoms in total. The smallest absolute Gasteiger partial charge is 0.407 e. The van der Waals surface area contributed by atoms with Crippen molar-refractivity contribution in [2.75, 3.05) is 26.7 Å². The molecule has 0 aromatic carbocycles. The summed E-state index contributed by atoms with van der Waals surface area (Å²) in [5.41, 5.74) is 6.13. The van der Waals surface area contributed by atoms with Crippen LogP contribution in [0.4, 0.5) is 4.79 Å². The molecule has 3 N–H and O–H groups in total. The highest BCUT2D eigenvalue weighted by molar-refractivity contribution is 5.67. The van der Waals surface area contributed by atoms with Crippen molar-refractivity contribution in [3.8, 4) is 0 Å². The second-order valence-electron chi connectivity index (χ2n) is 7.55. The second-order valence-corrected chi connectivity index (χ2v) is 7.55. The van der Waals surface area contributed by atoms with E-state index in [0.717, 1.165) is 25.9 Å². The lowest BCUT2D eigenvalue weighted by Crippen LogP contribution is -2.46. The van der Waals surface area contributed by atoms with Crippen molar-refractivity contribution in [1.82, 2.24) is 10.2 Å². The van der Waals surface area contributed by atoms with Gasteiger partial charge in [-0.3, -0.25) is 0 Å². The Balaban J connectivity index is 1.81. The van der Waals surface area contributed by atoms with E-state index in [1.807, 2.05) is 20.8 Å². The van der Waals surface area contributed by atoms with Gasteiger partial charge in [0.15, 0.2) is 0 Å². The summed E-state index contributed by atoms with van der Waals surface area (Å²) in [5, 5.41) is 2.90. The number of amides is 1. The highest BCUT2D eigenvalue weighted by Crippen LogP contribution is 2.50. The van der Waals surface area contributed by atoms with Crippen LogP contribution >= 0.6 is 0 Å². The Morgan fingerprint density at radius 1 is 1.50 bits per heavy atom. The predicted molar refractivity (Wildman–Crippen MR) is 79.5 cm³/mol. The molecule has 2 fully saturated rings. The molecule has 116 valence electrons. The summed E-state index contributed by atoms with van der Waals surface area (Å²) in [4.78, 5) is 14.1. The molecule has 0 radical (unpaired) electrons. The number of nitrogens with two attached hydrogens (primary N) is 1. The van der Waals surface area contributed by atoms with Crippen molar-refractivity contribution in [1.29, 1.82) is 0 Å². The van der Waals surface area contributed by atoms with E-state index in [1.54, 1.807) is 0 Å². The van der Waals surface area contributed by atoms with E-state index >= 15 is 0 Å². The van der Waals surface area contributed by atoms with Gasteiger partial charge in [0.25, 0.3) is 0 Å². The second kappa shape index (κ2) is 5.53. The van der Waals surface area contributed by atoms with Crippen LogP contribution < -0.4 is 11.1 Å². The minimum absolute atomic E-state index is 0.104. The Morgan fingerprint density at radius 3 is 2.60 bits per heavy atom. The number of carbonyl (C=O) groups excluding carboxylic acids is 1. The summed E-state index contributed by atoms with van der Waals surface area (Å²) < 4.78 is 5.28. The van der Waals surface area contributed by atoms with Crippen molar-refractivity contribution >= 4 is 6.09 Å². The molecule has 1 saturated heterocycles. The maximum Gasteiger partial charge on any atom is 0.407 e. The van der Waals surface area contributed by atoms with Crippen LogP contribution in [0, 0.1) is 11.3 Å². The normalized spacial score (nSPS) is 27.1. The van der Waals surface area contributed by atoms with Crippen LogP contribution in [0.2, 0.25) is 0 Å². The molecule has 5 heteroatoms. The quantitative estimate of drug-likeness (QED) is 0.822. The maximum atomic E-state index is 11.7. The van der Waals surface area contributed by atoms with Gasteiger partial charge in [0.2, 0.25) is 0 Å². The SMILES string of the molecule is CN1CCC(C(N)C2(CNC(=O)OC(C)(C)C)CC2)C1. The number of ether oxygens (including phenoxy) is 1. The number of likely N-dealkylation sites (tertiary alicyclic amines) is 1. The van der Waals surface area contributed by atoms with Crippen molar-refractivity contribution in [2.24, 2.45) is 17.1 Å². The fourth-order valence-electron chi connectivity index (χ4n) is 3.11. The Kier molecular flexibility index (Phi) is 4.30. The van der Waals surface area contributed by atoms with Gasteiger partial charge >= 0.3 is 6.09 Å². The molecule has 1 amide bonds. The molecule has 1 saturated carbocycles. The van der Waals surface area contributed by atoms with Crippen molar-refractivity contribution < 1.29 is 9.53 Å². The number of carbonyl (C=O) groups is 1. The third-order valence-corrected chi connectivity index (χ3v) is 4.52. The summed E-state index contributed by atoms with van der Waals surface area (Å²) in [5.74, 6) is 0.558. The first kappa shape index (κ1) is 15.6. The zero-order chi connectivity index (χ0) is 15.0. The summed E-state index contributed by atoms with van der Waals surface area (Å²) >= 11 is 0. The van der Waals surface area contributed by atoms with Gasteiger partial charge < -0.3 is 20.7 Å². The highest BCUT2D eigenvalue weighted by atomic mass is 16.6. The zero-order valence-electron chi connectivity index (χ0n) is 13.2. The average Bonchev–Trinajstić information content (AvgIpc) is 2.99. The average molecular weight is 283 g/mol. The van der Waals surface area contributed by atoms with Crippen molar-refractivity contribution in [2.45, 2.75) is 51.7 Å². The molecule has 2 aliphatic rings. The number of alkyl carbamates (subject to hydrolysis) is 1. The molecule has 2 unspecified atom stereocenters. The first-order valence-electron chi connectivity index (χ1n) is 7.63. The first-order valence-corrected chi connectivity index (χ1v) is 7.63. The summed E-state index contributed by atoms with van der Waals surface area (Å²) in [7, 11) is 2.14. The van der Waals surface area contributed by atoms with Crippen LogP contribution in [0.25, 0.3) is 0 Å². The number of nitrogens with zero attached hydrogens (tertiary/aromatic N) is 1. The topological polar surface area (TPSA) is 67.6 Å². The van der Waals surface area contributed by atoms with E-state index in [-0.39, 0.29) is 17.6 Å². The Morgan fingerprint density at radius 2 is 2.15 bits per heavy atom. The van der Waals surface area contributed by atoms with Crippen LogP contribution in [0.5, 0.6) is 0 Å². The fraction of sp³-hybridized carbons (Fsp3) is 0.933. The standard InChI is InChI=1S/C15H29N3O2/c1-14(2,3)20-13(19)17-10-15(6-7-15)12(16)11-5-8-18(4)9-11/h11-12H,5-10,16H2,1-4H3,(H,17,19). The summed E-state index contributed by atoms with van der Waals surface area (Å²) in [6.07, 6.45) is 3.07. The highest BCUT2D eigenvalue weighted by Gasteiger charge is 2.51. The van der Waals surface area contributed by atoms with Gasteiger partial charge in [0.1, 0.15) is 5.60 Å². The third-order valence-electron chi connectivity index (χ3n) is 4.52. The van der Waals surface area contributed by atoms with Gasteiger partial charge in [-0.15, -0.1) is 0 Å².